The molecule has 2 aliphatic carbocycles. The maximum atomic E-state index is 13.4. The van der Waals surface area contributed by atoms with Crippen molar-refractivity contribution in [3.05, 3.63) is 65.3 Å². The Morgan fingerprint density at radius 1 is 0.952 bits per heavy atom. The first-order valence-corrected chi connectivity index (χ1v) is 23.0. The van der Waals surface area contributed by atoms with Crippen LogP contribution in [-0.2, 0) is 4.79 Å². The van der Waals surface area contributed by atoms with Gasteiger partial charge in [-0.15, -0.1) is 10.2 Å². The quantitative estimate of drug-likeness (QED) is 0.139. The van der Waals surface area contributed by atoms with Gasteiger partial charge in [0.1, 0.15) is 22.8 Å². The van der Waals surface area contributed by atoms with Crippen molar-refractivity contribution < 1.29 is 24.3 Å². The number of H-pyrrole nitrogens is 1. The van der Waals surface area contributed by atoms with Crippen molar-refractivity contribution in [2.45, 2.75) is 114 Å². The number of likely N-dealkylation sites (tertiary alicyclic amines) is 2. The van der Waals surface area contributed by atoms with Gasteiger partial charge < -0.3 is 44.1 Å². The number of fused-ring (bicyclic) bond motifs is 3. The van der Waals surface area contributed by atoms with Gasteiger partial charge in [-0.3, -0.25) is 4.79 Å². The minimum atomic E-state index is -0.569. The van der Waals surface area contributed by atoms with Crippen molar-refractivity contribution >= 4 is 40.2 Å². The Morgan fingerprint density at radius 3 is 2.39 bits per heavy atom. The number of rotatable bonds is 10. The predicted octanol–water partition coefficient (Wildman–Crippen LogP) is 6.52. The molecular formula is C46H55ClN10O5. The van der Waals surface area contributed by atoms with Gasteiger partial charge in [-0.25, -0.2) is 9.97 Å². The van der Waals surface area contributed by atoms with E-state index in [0.29, 0.717) is 66.0 Å². The zero-order valence-electron chi connectivity index (χ0n) is 35.4. The highest BCUT2D eigenvalue weighted by Gasteiger charge is 2.56. The highest BCUT2D eigenvalue weighted by atomic mass is 35.5. The van der Waals surface area contributed by atoms with Gasteiger partial charge in [0, 0.05) is 73.8 Å². The molecule has 6 aliphatic rings. The second kappa shape index (κ2) is 15.7. The van der Waals surface area contributed by atoms with E-state index in [1.54, 1.807) is 11.0 Å². The number of phenols is 1. The van der Waals surface area contributed by atoms with E-state index >= 15 is 0 Å². The SMILES string of the molecule is CC(C)[C@@H](C(=O)N1CC[C@@H](O)C1)c1onc(O[C@H]2CC3(C2)C[C@H](N2CCC(c4cnc(N5C6CCC5CN(c5c[nH]c7nnc(-c8ccccc8O)cc57)C6)nc4)CC2)C3)c1Cl. The number of benzene rings is 1. The van der Waals surface area contributed by atoms with E-state index in [0.717, 1.165) is 87.4 Å². The smallest absolute Gasteiger partial charge is 0.273 e. The molecule has 1 amide bonds. The lowest BCUT2D eigenvalue weighted by molar-refractivity contribution is -0.133. The van der Waals surface area contributed by atoms with Gasteiger partial charge in [0.25, 0.3) is 5.88 Å². The van der Waals surface area contributed by atoms with Crippen LogP contribution in [0.15, 0.2) is 53.4 Å². The Bertz CT molecular complexity index is 2420. The number of piperazine rings is 1. The third-order valence-corrected chi connectivity index (χ3v) is 15.4. The number of piperidine rings is 1. The number of aromatic nitrogens is 6. The molecule has 4 atom stereocenters. The number of halogens is 1. The summed E-state index contributed by atoms with van der Waals surface area (Å²) < 4.78 is 11.9. The third kappa shape index (κ3) is 7.04. The number of amides is 1. The maximum Gasteiger partial charge on any atom is 0.273 e. The first-order valence-electron chi connectivity index (χ1n) is 22.6. The normalized spacial score (nSPS) is 28.2. The minimum absolute atomic E-state index is 0.0431. The molecule has 16 heteroatoms. The van der Waals surface area contributed by atoms with Crippen LogP contribution in [0.25, 0.3) is 22.3 Å². The summed E-state index contributed by atoms with van der Waals surface area (Å²) in [5, 5.41) is 34.7. The monoisotopic (exact) mass is 862 g/mol. The fourth-order valence-corrected chi connectivity index (χ4v) is 12.0. The van der Waals surface area contributed by atoms with E-state index < -0.39 is 12.0 Å². The zero-order valence-corrected chi connectivity index (χ0v) is 36.1. The molecule has 4 saturated heterocycles. The summed E-state index contributed by atoms with van der Waals surface area (Å²) in [6, 6.07) is 10.5. The topological polar surface area (TPSA) is 173 Å². The Balaban J connectivity index is 0.654. The molecule has 2 bridgehead atoms. The van der Waals surface area contributed by atoms with E-state index in [-0.39, 0.29) is 34.6 Å². The van der Waals surface area contributed by atoms with E-state index in [2.05, 4.69) is 47.4 Å². The second-order valence-corrected chi connectivity index (χ2v) is 19.7. The fraction of sp³-hybridized carbons (Fsp3) is 0.565. The third-order valence-electron chi connectivity index (χ3n) is 15.1. The van der Waals surface area contributed by atoms with Crippen molar-refractivity contribution in [3.63, 3.8) is 0 Å². The maximum absolute atomic E-state index is 13.4. The van der Waals surface area contributed by atoms with Gasteiger partial charge in [0.2, 0.25) is 11.9 Å². The lowest BCUT2D eigenvalue weighted by atomic mass is 9.52. The van der Waals surface area contributed by atoms with Gasteiger partial charge in [-0.05, 0) is 117 Å². The number of nitrogens with one attached hydrogen (secondary N) is 1. The molecular weight excluding hydrogens is 808 g/mol. The summed E-state index contributed by atoms with van der Waals surface area (Å²) in [5.41, 5.74) is 4.76. The lowest BCUT2D eigenvalue weighted by Crippen LogP contribution is -2.59. The molecule has 0 radical (unpaired) electrons. The number of β-amino-alcohol motifs (C(OH)–C–C–N with tert-alkyl or cyclic N) is 1. The number of hydrogen-bond donors (Lipinski definition) is 3. The molecule has 5 aromatic rings. The number of aromatic amines is 1. The van der Waals surface area contributed by atoms with Crippen LogP contribution in [0.4, 0.5) is 11.6 Å². The van der Waals surface area contributed by atoms with Crippen LogP contribution < -0.4 is 14.5 Å². The largest absolute Gasteiger partial charge is 0.507 e. The van der Waals surface area contributed by atoms with Crippen LogP contribution in [0.5, 0.6) is 11.6 Å². The van der Waals surface area contributed by atoms with E-state index in [9.17, 15) is 15.0 Å². The van der Waals surface area contributed by atoms with Crippen molar-refractivity contribution in [2.75, 3.05) is 49.1 Å². The second-order valence-electron chi connectivity index (χ2n) is 19.3. The molecule has 2 unspecified atom stereocenters. The number of nitrogens with zero attached hydrogens (tertiary/aromatic N) is 9. The van der Waals surface area contributed by atoms with E-state index in [1.807, 2.05) is 44.3 Å². The Hall–Kier alpha value is -4.99. The number of carbonyl (C=O) groups is 1. The molecule has 4 aromatic heterocycles. The number of anilines is 2. The lowest BCUT2D eigenvalue weighted by Gasteiger charge is -2.60. The molecule has 8 heterocycles. The molecule has 4 aliphatic heterocycles. The molecule has 1 spiro atoms. The molecule has 2 saturated carbocycles. The van der Waals surface area contributed by atoms with Crippen LogP contribution in [0, 0.1) is 11.3 Å². The molecule has 15 nitrogen and oxygen atoms in total. The summed E-state index contributed by atoms with van der Waals surface area (Å²) in [4.78, 5) is 36.0. The first kappa shape index (κ1) is 39.8. The minimum Gasteiger partial charge on any atom is -0.507 e. The number of aromatic hydroxyl groups is 1. The Morgan fingerprint density at radius 2 is 1.69 bits per heavy atom. The number of aliphatic hydroxyl groups excluding tert-OH is 1. The fourth-order valence-electron chi connectivity index (χ4n) is 11.8. The van der Waals surface area contributed by atoms with Crippen molar-refractivity contribution in [1.82, 2.24) is 40.1 Å². The molecule has 1 aromatic carbocycles. The summed E-state index contributed by atoms with van der Waals surface area (Å²) >= 11 is 6.75. The number of hydrogen-bond acceptors (Lipinski definition) is 13. The average molecular weight is 863 g/mol. The standard InChI is InChI=1S/C46H55ClN10O5/c1-26(2)39(44(60)55-14-11-32(58)25-55)41-40(47)43(53-62-41)61-33-18-46(19-33)16-31(17-46)54-12-9-27(10-13-54)28-20-49-45(50-21-28)57-29-7-8-30(57)24-56(23-29)37-22-48-42-35(37)15-36(51-52-42)34-5-3-4-6-38(34)59/h3-6,15,20-22,26-27,29-33,39,58-59H,7-14,16-19,23-25H2,1-2H3,(H,48,52)/t29?,30?,31-,32-,33-,39-,46?/m1/s1. The van der Waals surface area contributed by atoms with Gasteiger partial charge in [-0.1, -0.05) is 37.6 Å². The van der Waals surface area contributed by atoms with Crippen LogP contribution >= 0.6 is 11.6 Å². The van der Waals surface area contributed by atoms with Crippen LogP contribution in [-0.4, -0.2) is 126 Å². The molecule has 326 valence electrons. The van der Waals surface area contributed by atoms with E-state index in [4.69, 9.17) is 30.8 Å². The van der Waals surface area contributed by atoms with Crippen molar-refractivity contribution in [2.24, 2.45) is 11.3 Å². The van der Waals surface area contributed by atoms with E-state index in [1.165, 1.54) is 18.4 Å². The number of ether oxygens (including phenoxy) is 1. The van der Waals surface area contributed by atoms with Crippen LogP contribution in [0.1, 0.15) is 94.8 Å². The first-order chi connectivity index (χ1) is 30.1. The van der Waals surface area contributed by atoms with Crippen LogP contribution in [0.2, 0.25) is 5.02 Å². The Kier molecular flexibility index (Phi) is 10.1. The number of aliphatic hydroxyl groups is 1. The van der Waals surface area contributed by atoms with Crippen LogP contribution in [0.3, 0.4) is 0 Å². The molecule has 3 N–H and O–H groups in total. The number of para-hydroxylation sites is 1. The molecule has 62 heavy (non-hydrogen) atoms. The van der Waals surface area contributed by atoms with Gasteiger partial charge in [0.05, 0.1) is 17.5 Å². The molecule has 11 rings (SSSR count). The van der Waals surface area contributed by atoms with Crippen molar-refractivity contribution in [1.29, 1.82) is 0 Å². The van der Waals surface area contributed by atoms with Gasteiger partial charge in [-0.2, -0.15) is 0 Å². The summed E-state index contributed by atoms with van der Waals surface area (Å²) in [5.74, 6) is 1.44. The Labute approximate surface area is 365 Å². The average Bonchev–Trinajstić information content (AvgIpc) is 4.03. The summed E-state index contributed by atoms with van der Waals surface area (Å²) in [6.45, 7) is 8.75. The summed E-state index contributed by atoms with van der Waals surface area (Å²) in [6.07, 6.45) is 15.2. The zero-order chi connectivity index (χ0) is 42.3. The highest BCUT2D eigenvalue weighted by molar-refractivity contribution is 6.32. The number of phenolic OH excluding ortho intramolecular Hbond substituents is 1. The summed E-state index contributed by atoms with van der Waals surface area (Å²) in [7, 11) is 0. The van der Waals surface area contributed by atoms with Gasteiger partial charge >= 0.3 is 0 Å². The molecule has 6 fully saturated rings. The van der Waals surface area contributed by atoms with Gasteiger partial charge in [0.15, 0.2) is 11.4 Å². The highest BCUT2D eigenvalue weighted by Crippen LogP contribution is 2.59. The predicted molar refractivity (Wildman–Crippen MR) is 233 cm³/mol. The van der Waals surface area contributed by atoms with Crippen molar-refractivity contribution in [3.8, 4) is 22.9 Å². The number of carbonyl (C=O) groups excluding carboxylic acids is 1.